The van der Waals surface area contributed by atoms with E-state index in [9.17, 15) is 24.0 Å². The van der Waals surface area contributed by atoms with Gasteiger partial charge in [-0.2, -0.15) is 5.26 Å². The Bertz CT molecular complexity index is 1180. The molecule has 4 aliphatic rings. The number of nitrogens with one attached hydrogen (secondary N) is 1. The molecule has 1 N–H and O–H groups in total. The second-order valence-electron chi connectivity index (χ2n) is 12.7. The van der Waals surface area contributed by atoms with Crippen molar-refractivity contribution in [3.63, 3.8) is 0 Å². The van der Waals surface area contributed by atoms with E-state index < -0.39 is 29.8 Å². The van der Waals surface area contributed by atoms with E-state index in [0.717, 1.165) is 12.0 Å². The van der Waals surface area contributed by atoms with Crippen molar-refractivity contribution in [1.29, 1.82) is 5.26 Å². The summed E-state index contributed by atoms with van der Waals surface area (Å²) in [7, 11) is 0. The average Bonchev–Trinajstić information content (AvgIpc) is 3.17. The molecule has 3 aliphatic heterocycles. The molecular weight excluding hydrogens is 501 g/mol. The maximum atomic E-state index is 13.8. The van der Waals surface area contributed by atoms with Crippen LogP contribution in [0.3, 0.4) is 0 Å². The predicted molar refractivity (Wildman–Crippen MR) is 141 cm³/mol. The number of hydrogen-bond donors (Lipinski definition) is 1. The number of likely N-dealkylation sites (tertiary alicyclic amines) is 3. The van der Waals surface area contributed by atoms with Crippen molar-refractivity contribution in [2.45, 2.75) is 95.7 Å². The molecule has 1 saturated carbocycles. The number of piperazine rings is 1. The number of halogens is 1. The van der Waals surface area contributed by atoms with Crippen LogP contribution in [-0.4, -0.2) is 81.5 Å². The first-order valence-electron chi connectivity index (χ1n) is 13.9. The van der Waals surface area contributed by atoms with Crippen molar-refractivity contribution in [3.8, 4) is 6.07 Å². The van der Waals surface area contributed by atoms with Crippen molar-refractivity contribution in [1.82, 2.24) is 20.0 Å². The number of alkyl carbamates (subject to hydrolysis) is 1. The Kier molecular flexibility index (Phi) is 7.08. The topological polar surface area (TPSA) is 106 Å². The summed E-state index contributed by atoms with van der Waals surface area (Å²) in [6.07, 6.45) is 1.47. The SMILES string of the molecule is CC(C)[C@H](c1ccc(F)cc1)N1C(=O)[C@@H]2C[C@H]1CN2C[C@H](NC(=O)OC(C)(C)C)C(=O)N1[C@H](C#N)C[C@@H]2C[C@@H]21. The van der Waals surface area contributed by atoms with E-state index in [1.165, 1.54) is 12.1 Å². The molecule has 0 radical (unpaired) electrons. The number of amides is 3. The molecule has 210 valence electrons. The van der Waals surface area contributed by atoms with Crippen molar-refractivity contribution in [2.24, 2.45) is 11.8 Å². The molecule has 0 aromatic heterocycles. The Balaban J connectivity index is 1.33. The monoisotopic (exact) mass is 539 g/mol. The first-order valence-corrected chi connectivity index (χ1v) is 13.9. The van der Waals surface area contributed by atoms with E-state index in [-0.39, 0.29) is 48.2 Å². The molecule has 3 saturated heterocycles. The van der Waals surface area contributed by atoms with Gasteiger partial charge in [0.05, 0.1) is 18.2 Å². The maximum absolute atomic E-state index is 13.8. The molecule has 0 spiro atoms. The van der Waals surface area contributed by atoms with Crippen molar-refractivity contribution >= 4 is 17.9 Å². The Hall–Kier alpha value is -3.19. The summed E-state index contributed by atoms with van der Waals surface area (Å²) in [5.74, 6) is -0.158. The molecule has 9 nitrogen and oxygen atoms in total. The third-order valence-electron chi connectivity index (χ3n) is 8.37. The third-order valence-corrected chi connectivity index (χ3v) is 8.37. The van der Waals surface area contributed by atoms with Crippen LogP contribution >= 0.6 is 0 Å². The molecule has 10 heteroatoms. The zero-order valence-electron chi connectivity index (χ0n) is 23.3. The summed E-state index contributed by atoms with van der Waals surface area (Å²) >= 11 is 0. The number of fused-ring (bicyclic) bond motifs is 3. The van der Waals surface area contributed by atoms with Crippen molar-refractivity contribution in [2.75, 3.05) is 13.1 Å². The highest BCUT2D eigenvalue weighted by Crippen LogP contribution is 2.48. The van der Waals surface area contributed by atoms with Crippen molar-refractivity contribution < 1.29 is 23.5 Å². The highest BCUT2D eigenvalue weighted by Gasteiger charge is 2.57. The molecule has 0 unspecified atom stereocenters. The van der Waals surface area contributed by atoms with E-state index in [2.05, 4.69) is 25.2 Å². The van der Waals surface area contributed by atoms with Gasteiger partial charge in [0.1, 0.15) is 23.5 Å². The van der Waals surface area contributed by atoms with Crippen molar-refractivity contribution in [3.05, 3.63) is 35.6 Å². The van der Waals surface area contributed by atoms with Gasteiger partial charge >= 0.3 is 6.09 Å². The Morgan fingerprint density at radius 3 is 2.46 bits per heavy atom. The molecular formula is C29H38FN5O4. The normalized spacial score (nSPS) is 29.3. The number of ether oxygens (including phenoxy) is 1. The Labute approximate surface area is 229 Å². The first kappa shape index (κ1) is 27.4. The number of hydrogen-bond acceptors (Lipinski definition) is 6. The van der Waals surface area contributed by atoms with Gasteiger partial charge in [-0.05, 0) is 69.6 Å². The number of carbonyl (C=O) groups is 3. The van der Waals surface area contributed by atoms with Gasteiger partial charge in [-0.1, -0.05) is 26.0 Å². The number of benzene rings is 1. The van der Waals surface area contributed by atoms with Gasteiger partial charge < -0.3 is 19.9 Å². The summed E-state index contributed by atoms with van der Waals surface area (Å²) in [6.45, 7) is 10.1. The zero-order valence-corrected chi connectivity index (χ0v) is 23.3. The van der Waals surface area contributed by atoms with Crippen LogP contribution in [0.1, 0.15) is 65.5 Å². The molecule has 3 heterocycles. The van der Waals surface area contributed by atoms with Gasteiger partial charge in [-0.25, -0.2) is 9.18 Å². The highest BCUT2D eigenvalue weighted by atomic mass is 19.1. The molecule has 1 aromatic rings. The van der Waals surface area contributed by atoms with Crippen LogP contribution in [0.4, 0.5) is 9.18 Å². The fraction of sp³-hybridized carbons (Fsp3) is 0.655. The smallest absolute Gasteiger partial charge is 0.408 e. The van der Waals surface area contributed by atoms with Gasteiger partial charge in [-0.15, -0.1) is 0 Å². The fourth-order valence-corrected chi connectivity index (χ4v) is 6.72. The first-order chi connectivity index (χ1) is 18.4. The molecule has 3 amide bonds. The lowest BCUT2D eigenvalue weighted by Crippen LogP contribution is -2.59. The van der Waals surface area contributed by atoms with Crippen LogP contribution in [-0.2, 0) is 14.3 Å². The highest BCUT2D eigenvalue weighted by molar-refractivity contribution is 5.89. The van der Waals surface area contributed by atoms with E-state index in [4.69, 9.17) is 4.74 Å². The van der Waals surface area contributed by atoms with E-state index in [1.807, 2.05) is 9.80 Å². The minimum atomic E-state index is -0.936. The van der Waals surface area contributed by atoms with Gasteiger partial charge in [0.15, 0.2) is 0 Å². The lowest BCUT2D eigenvalue weighted by Gasteiger charge is -2.41. The van der Waals surface area contributed by atoms with Crippen LogP contribution in [0.5, 0.6) is 0 Å². The molecule has 1 aliphatic carbocycles. The second kappa shape index (κ2) is 10.1. The van der Waals surface area contributed by atoms with Crippen LogP contribution in [0.15, 0.2) is 24.3 Å². The minimum Gasteiger partial charge on any atom is -0.444 e. The fourth-order valence-electron chi connectivity index (χ4n) is 6.72. The number of carbonyl (C=O) groups excluding carboxylic acids is 3. The Morgan fingerprint density at radius 1 is 1.18 bits per heavy atom. The average molecular weight is 540 g/mol. The summed E-state index contributed by atoms with van der Waals surface area (Å²) in [4.78, 5) is 45.7. The molecule has 1 aromatic carbocycles. The predicted octanol–water partition coefficient (Wildman–Crippen LogP) is 3.21. The summed E-state index contributed by atoms with van der Waals surface area (Å²) in [5.41, 5.74) is 0.159. The Morgan fingerprint density at radius 2 is 1.87 bits per heavy atom. The lowest BCUT2D eigenvalue weighted by atomic mass is 9.93. The standard InChI is InChI=1S/C29H38FN5O4/c1-16(2)25(17-6-8-19(30)9-7-17)35-21-12-24(27(35)37)33(14-21)15-22(32-28(38)39-29(3,4)5)26(36)34-20(13-31)10-18-11-23(18)34/h6-9,16,18,20-25H,10-12,14-15H2,1-5H3,(H,32,38)/t18-,20+,21+,22+,23+,24+,25-/m1/s1. The molecule has 2 bridgehead atoms. The zero-order chi connectivity index (χ0) is 28.2. The van der Waals surface area contributed by atoms with Gasteiger partial charge in [0.25, 0.3) is 0 Å². The summed E-state index contributed by atoms with van der Waals surface area (Å²) in [5, 5.41) is 12.4. The molecule has 5 rings (SSSR count). The van der Waals surface area contributed by atoms with Gasteiger partial charge in [-0.3, -0.25) is 14.5 Å². The maximum Gasteiger partial charge on any atom is 0.408 e. The molecule has 7 atom stereocenters. The van der Waals surface area contributed by atoms with E-state index >= 15 is 0 Å². The van der Waals surface area contributed by atoms with Crippen LogP contribution < -0.4 is 5.32 Å². The number of nitrogens with zero attached hydrogens (tertiary/aromatic N) is 4. The third kappa shape index (κ3) is 5.33. The number of nitriles is 1. The molecule has 39 heavy (non-hydrogen) atoms. The quantitative estimate of drug-likeness (QED) is 0.571. The lowest BCUT2D eigenvalue weighted by molar-refractivity contribution is -0.142. The second-order valence-corrected chi connectivity index (χ2v) is 12.7. The van der Waals surface area contributed by atoms with E-state index in [1.54, 1.807) is 37.8 Å². The summed E-state index contributed by atoms with van der Waals surface area (Å²) in [6, 6.07) is 6.53. The van der Waals surface area contributed by atoms with Gasteiger partial charge in [0.2, 0.25) is 11.8 Å². The number of piperidine rings is 1. The largest absolute Gasteiger partial charge is 0.444 e. The van der Waals surface area contributed by atoms with E-state index in [0.29, 0.717) is 25.3 Å². The number of rotatable bonds is 7. The summed E-state index contributed by atoms with van der Waals surface area (Å²) < 4.78 is 19.0. The minimum absolute atomic E-state index is 0.0175. The molecule has 4 fully saturated rings. The van der Waals surface area contributed by atoms with Crippen LogP contribution in [0.2, 0.25) is 0 Å². The van der Waals surface area contributed by atoms with Crippen LogP contribution in [0.25, 0.3) is 0 Å². The van der Waals surface area contributed by atoms with Crippen LogP contribution in [0, 0.1) is 29.0 Å². The van der Waals surface area contributed by atoms with Gasteiger partial charge in [0, 0.05) is 25.2 Å².